The SMILES string of the molecule is CCOC(=O)[C@H](CN)NC(=O)Nc1ccccc1. The first-order chi connectivity index (χ1) is 8.67. The number of ether oxygens (including phenoxy) is 1. The van der Waals surface area contributed by atoms with Crippen molar-refractivity contribution in [1.82, 2.24) is 5.32 Å². The molecule has 1 rings (SSSR count). The quantitative estimate of drug-likeness (QED) is 0.671. The van der Waals surface area contributed by atoms with Gasteiger partial charge in [0.25, 0.3) is 0 Å². The fourth-order valence-corrected chi connectivity index (χ4v) is 1.30. The van der Waals surface area contributed by atoms with Crippen LogP contribution in [0.5, 0.6) is 0 Å². The first kappa shape index (κ1) is 14.0. The highest BCUT2D eigenvalue weighted by atomic mass is 16.5. The Morgan fingerprint density at radius 1 is 1.33 bits per heavy atom. The number of carbonyl (C=O) groups is 2. The Bertz CT molecular complexity index is 395. The topological polar surface area (TPSA) is 93.4 Å². The van der Waals surface area contributed by atoms with E-state index >= 15 is 0 Å². The van der Waals surface area contributed by atoms with Crippen molar-refractivity contribution in [3.63, 3.8) is 0 Å². The first-order valence-electron chi connectivity index (χ1n) is 5.66. The lowest BCUT2D eigenvalue weighted by atomic mass is 10.3. The van der Waals surface area contributed by atoms with E-state index < -0.39 is 18.0 Å². The molecule has 0 aromatic heterocycles. The number of para-hydroxylation sites is 1. The Morgan fingerprint density at radius 2 is 2.00 bits per heavy atom. The maximum Gasteiger partial charge on any atom is 0.330 e. The molecule has 1 atom stereocenters. The third-order valence-electron chi connectivity index (χ3n) is 2.14. The van der Waals surface area contributed by atoms with Crippen molar-refractivity contribution in [2.24, 2.45) is 5.73 Å². The lowest BCUT2D eigenvalue weighted by Crippen LogP contribution is -2.48. The summed E-state index contributed by atoms with van der Waals surface area (Å²) in [5, 5.41) is 5.04. The van der Waals surface area contributed by atoms with Crippen molar-refractivity contribution in [1.29, 1.82) is 0 Å². The van der Waals surface area contributed by atoms with Crippen LogP contribution in [-0.2, 0) is 9.53 Å². The van der Waals surface area contributed by atoms with E-state index in [1.807, 2.05) is 6.07 Å². The van der Waals surface area contributed by atoms with Crippen molar-refractivity contribution in [2.45, 2.75) is 13.0 Å². The van der Waals surface area contributed by atoms with Gasteiger partial charge < -0.3 is 21.1 Å². The number of carbonyl (C=O) groups excluding carboxylic acids is 2. The third-order valence-corrected chi connectivity index (χ3v) is 2.14. The number of nitrogens with two attached hydrogens (primary N) is 1. The van der Waals surface area contributed by atoms with Crippen LogP contribution in [0.1, 0.15) is 6.92 Å². The number of urea groups is 1. The lowest BCUT2D eigenvalue weighted by Gasteiger charge is -2.15. The molecule has 0 aliphatic heterocycles. The molecule has 0 heterocycles. The van der Waals surface area contributed by atoms with Crippen molar-refractivity contribution < 1.29 is 14.3 Å². The number of amides is 2. The summed E-state index contributed by atoms with van der Waals surface area (Å²) < 4.78 is 4.78. The van der Waals surface area contributed by atoms with E-state index in [2.05, 4.69) is 10.6 Å². The molecule has 2 amide bonds. The summed E-state index contributed by atoms with van der Waals surface area (Å²) in [5.41, 5.74) is 6.04. The van der Waals surface area contributed by atoms with Gasteiger partial charge in [0.2, 0.25) is 0 Å². The van der Waals surface area contributed by atoms with Crippen LogP contribution in [0.2, 0.25) is 0 Å². The zero-order valence-corrected chi connectivity index (χ0v) is 10.2. The van der Waals surface area contributed by atoms with Gasteiger partial charge in [-0.3, -0.25) is 0 Å². The number of benzene rings is 1. The Hall–Kier alpha value is -2.08. The van der Waals surface area contributed by atoms with E-state index in [9.17, 15) is 9.59 Å². The summed E-state index contributed by atoms with van der Waals surface area (Å²) in [7, 11) is 0. The normalized spacial score (nSPS) is 11.4. The third kappa shape index (κ3) is 4.42. The summed E-state index contributed by atoms with van der Waals surface area (Å²) in [4.78, 5) is 23.0. The molecule has 98 valence electrons. The summed E-state index contributed by atoms with van der Waals surface area (Å²) in [5.74, 6) is -0.539. The van der Waals surface area contributed by atoms with Gasteiger partial charge in [-0.05, 0) is 19.1 Å². The number of anilines is 1. The summed E-state index contributed by atoms with van der Waals surface area (Å²) in [6.45, 7) is 1.92. The van der Waals surface area contributed by atoms with Gasteiger partial charge in [-0.2, -0.15) is 0 Å². The molecule has 0 aliphatic rings. The highest BCUT2D eigenvalue weighted by molar-refractivity contribution is 5.92. The van der Waals surface area contributed by atoms with Crippen LogP contribution in [0.3, 0.4) is 0 Å². The standard InChI is InChI=1S/C12H17N3O3/c1-2-18-11(16)10(8-13)15-12(17)14-9-6-4-3-5-7-9/h3-7,10H,2,8,13H2,1H3,(H2,14,15,17)/t10-/m0/s1. The zero-order valence-electron chi connectivity index (χ0n) is 10.2. The Kier molecular flexibility index (Phi) is 5.66. The number of esters is 1. The molecular formula is C12H17N3O3. The molecule has 0 spiro atoms. The second-order valence-electron chi connectivity index (χ2n) is 3.50. The van der Waals surface area contributed by atoms with Gasteiger partial charge in [-0.15, -0.1) is 0 Å². The number of nitrogens with one attached hydrogen (secondary N) is 2. The molecular weight excluding hydrogens is 234 g/mol. The Labute approximate surface area is 105 Å². The van der Waals surface area contributed by atoms with Crippen LogP contribution in [0.4, 0.5) is 10.5 Å². The maximum absolute atomic E-state index is 11.6. The van der Waals surface area contributed by atoms with Gasteiger partial charge in [0.15, 0.2) is 0 Å². The average Bonchev–Trinajstić information content (AvgIpc) is 2.37. The van der Waals surface area contributed by atoms with Crippen molar-refractivity contribution in [3.8, 4) is 0 Å². The molecule has 0 aliphatic carbocycles. The van der Waals surface area contributed by atoms with Gasteiger partial charge in [-0.25, -0.2) is 9.59 Å². The molecule has 18 heavy (non-hydrogen) atoms. The van der Waals surface area contributed by atoms with Gasteiger partial charge in [0.1, 0.15) is 6.04 Å². The summed E-state index contributed by atoms with van der Waals surface area (Å²) in [6.07, 6.45) is 0. The minimum atomic E-state index is -0.839. The van der Waals surface area contributed by atoms with Crippen LogP contribution in [0, 0.1) is 0 Å². The molecule has 0 unspecified atom stereocenters. The van der Waals surface area contributed by atoms with E-state index in [4.69, 9.17) is 10.5 Å². The number of hydrogen-bond acceptors (Lipinski definition) is 4. The molecule has 0 radical (unpaired) electrons. The summed E-state index contributed by atoms with van der Waals surface area (Å²) >= 11 is 0. The number of hydrogen-bond donors (Lipinski definition) is 3. The maximum atomic E-state index is 11.6. The average molecular weight is 251 g/mol. The Balaban J connectivity index is 2.50. The van der Waals surface area contributed by atoms with Crippen LogP contribution in [0.15, 0.2) is 30.3 Å². The predicted molar refractivity (Wildman–Crippen MR) is 68.1 cm³/mol. The van der Waals surface area contributed by atoms with Gasteiger partial charge in [0.05, 0.1) is 6.61 Å². The van der Waals surface area contributed by atoms with E-state index in [0.29, 0.717) is 5.69 Å². The van der Waals surface area contributed by atoms with Crippen LogP contribution in [0.25, 0.3) is 0 Å². The molecule has 4 N–H and O–H groups in total. The van der Waals surface area contributed by atoms with E-state index in [0.717, 1.165) is 0 Å². The Morgan fingerprint density at radius 3 is 2.56 bits per heavy atom. The molecule has 6 heteroatoms. The molecule has 6 nitrogen and oxygen atoms in total. The van der Waals surface area contributed by atoms with Gasteiger partial charge in [0, 0.05) is 12.2 Å². The minimum absolute atomic E-state index is 0.0129. The largest absolute Gasteiger partial charge is 0.464 e. The number of rotatable bonds is 5. The fraction of sp³-hybridized carbons (Fsp3) is 0.333. The molecule has 0 saturated heterocycles. The van der Waals surface area contributed by atoms with Crippen molar-refractivity contribution in [3.05, 3.63) is 30.3 Å². The lowest BCUT2D eigenvalue weighted by molar-refractivity contribution is -0.145. The zero-order chi connectivity index (χ0) is 13.4. The molecule has 0 bridgehead atoms. The van der Waals surface area contributed by atoms with E-state index in [1.165, 1.54) is 0 Å². The summed E-state index contributed by atoms with van der Waals surface area (Å²) in [6, 6.07) is 7.56. The van der Waals surface area contributed by atoms with Crippen molar-refractivity contribution in [2.75, 3.05) is 18.5 Å². The first-order valence-corrected chi connectivity index (χ1v) is 5.66. The van der Waals surface area contributed by atoms with Gasteiger partial charge >= 0.3 is 12.0 Å². The van der Waals surface area contributed by atoms with Crippen LogP contribution in [-0.4, -0.2) is 31.2 Å². The second kappa shape index (κ2) is 7.29. The fourth-order valence-electron chi connectivity index (χ4n) is 1.30. The van der Waals surface area contributed by atoms with E-state index in [1.54, 1.807) is 31.2 Å². The molecule has 0 saturated carbocycles. The molecule has 1 aromatic carbocycles. The van der Waals surface area contributed by atoms with Crippen LogP contribution < -0.4 is 16.4 Å². The molecule has 1 aromatic rings. The highest BCUT2D eigenvalue weighted by Gasteiger charge is 2.20. The second-order valence-corrected chi connectivity index (χ2v) is 3.50. The van der Waals surface area contributed by atoms with Crippen molar-refractivity contribution >= 4 is 17.7 Å². The van der Waals surface area contributed by atoms with Gasteiger partial charge in [-0.1, -0.05) is 18.2 Å². The van der Waals surface area contributed by atoms with Crippen LogP contribution >= 0.6 is 0 Å². The minimum Gasteiger partial charge on any atom is -0.464 e. The predicted octanol–water partition coefficient (Wildman–Crippen LogP) is 0.699. The smallest absolute Gasteiger partial charge is 0.330 e. The van der Waals surface area contributed by atoms with E-state index in [-0.39, 0.29) is 13.2 Å². The monoisotopic (exact) mass is 251 g/mol. The highest BCUT2D eigenvalue weighted by Crippen LogP contribution is 2.04. The molecule has 0 fully saturated rings.